The van der Waals surface area contributed by atoms with E-state index in [1.165, 1.54) is 12.1 Å². The van der Waals surface area contributed by atoms with Crippen LogP contribution < -0.4 is 0 Å². The molecule has 1 aromatic carbocycles. The SMILES string of the molecule is CCC1(C(=O)O)CCN(CCc2ccc([N+](=O)[O-])cc2)C1. The van der Waals surface area contributed by atoms with Crippen LogP contribution in [-0.2, 0) is 11.2 Å². The summed E-state index contributed by atoms with van der Waals surface area (Å²) in [5.41, 5.74) is 0.524. The van der Waals surface area contributed by atoms with Gasteiger partial charge in [-0.1, -0.05) is 19.1 Å². The smallest absolute Gasteiger partial charge is 0.310 e. The molecule has 21 heavy (non-hydrogen) atoms. The molecule has 6 nitrogen and oxygen atoms in total. The highest BCUT2D eigenvalue weighted by atomic mass is 16.6. The second-order valence-corrected chi connectivity index (χ2v) is 5.64. The molecule has 0 spiro atoms. The summed E-state index contributed by atoms with van der Waals surface area (Å²) in [5, 5.41) is 19.9. The number of carboxylic acid groups (broad SMARTS) is 1. The largest absolute Gasteiger partial charge is 0.481 e. The van der Waals surface area contributed by atoms with E-state index in [1.807, 2.05) is 6.92 Å². The van der Waals surface area contributed by atoms with Gasteiger partial charge in [0.1, 0.15) is 0 Å². The molecule has 0 saturated carbocycles. The monoisotopic (exact) mass is 292 g/mol. The Kier molecular flexibility index (Phi) is 4.57. The first kappa shape index (κ1) is 15.4. The fraction of sp³-hybridized carbons (Fsp3) is 0.533. The van der Waals surface area contributed by atoms with Crippen molar-refractivity contribution >= 4 is 11.7 Å². The molecule has 114 valence electrons. The lowest BCUT2D eigenvalue weighted by Crippen LogP contribution is -2.34. The van der Waals surface area contributed by atoms with Crippen LogP contribution in [-0.4, -0.2) is 40.5 Å². The molecule has 1 aliphatic heterocycles. The number of nitro groups is 1. The van der Waals surface area contributed by atoms with Crippen LogP contribution in [0, 0.1) is 15.5 Å². The maximum atomic E-state index is 11.4. The number of non-ortho nitro benzene ring substituents is 1. The molecular formula is C15H20N2O4. The molecule has 0 radical (unpaired) electrons. The molecule has 2 rings (SSSR count). The number of hydrogen-bond acceptors (Lipinski definition) is 4. The molecule has 1 atom stereocenters. The predicted octanol–water partition coefficient (Wildman–Crippen LogP) is 2.32. The lowest BCUT2D eigenvalue weighted by Gasteiger charge is -2.23. The molecule has 6 heteroatoms. The Morgan fingerprint density at radius 3 is 2.57 bits per heavy atom. The third-order valence-electron chi connectivity index (χ3n) is 4.43. The highest BCUT2D eigenvalue weighted by Gasteiger charge is 2.42. The minimum absolute atomic E-state index is 0.0933. The van der Waals surface area contributed by atoms with Crippen molar-refractivity contribution in [2.45, 2.75) is 26.2 Å². The average molecular weight is 292 g/mol. The van der Waals surface area contributed by atoms with E-state index in [0.29, 0.717) is 19.4 Å². The number of nitrogens with zero attached hydrogens (tertiary/aromatic N) is 2. The molecule has 1 N–H and O–H groups in total. The van der Waals surface area contributed by atoms with E-state index in [9.17, 15) is 20.0 Å². The number of carbonyl (C=O) groups is 1. The number of nitro benzene ring substituents is 1. The van der Waals surface area contributed by atoms with Crippen LogP contribution in [0.4, 0.5) is 5.69 Å². The molecule has 1 unspecified atom stereocenters. The Labute approximate surface area is 123 Å². The Morgan fingerprint density at radius 2 is 2.10 bits per heavy atom. The number of hydrogen-bond donors (Lipinski definition) is 1. The Morgan fingerprint density at radius 1 is 1.43 bits per heavy atom. The highest BCUT2D eigenvalue weighted by Crippen LogP contribution is 2.34. The van der Waals surface area contributed by atoms with Gasteiger partial charge in [0.25, 0.3) is 5.69 Å². The summed E-state index contributed by atoms with van der Waals surface area (Å²) in [6, 6.07) is 6.54. The number of carboxylic acids is 1. The predicted molar refractivity (Wildman–Crippen MR) is 78.2 cm³/mol. The lowest BCUT2D eigenvalue weighted by atomic mass is 9.84. The van der Waals surface area contributed by atoms with Gasteiger partial charge in [0.15, 0.2) is 0 Å². The quantitative estimate of drug-likeness (QED) is 0.642. The summed E-state index contributed by atoms with van der Waals surface area (Å²) < 4.78 is 0. The summed E-state index contributed by atoms with van der Waals surface area (Å²) in [5.74, 6) is -0.706. The highest BCUT2D eigenvalue weighted by molar-refractivity contribution is 5.75. The second-order valence-electron chi connectivity index (χ2n) is 5.64. The van der Waals surface area contributed by atoms with Crippen LogP contribution in [0.15, 0.2) is 24.3 Å². The first-order valence-electron chi connectivity index (χ1n) is 7.16. The lowest BCUT2D eigenvalue weighted by molar-refractivity contribution is -0.384. The van der Waals surface area contributed by atoms with Crippen LogP contribution >= 0.6 is 0 Å². The molecule has 0 bridgehead atoms. The van der Waals surface area contributed by atoms with E-state index in [4.69, 9.17) is 0 Å². The summed E-state index contributed by atoms with van der Waals surface area (Å²) in [4.78, 5) is 23.7. The molecule has 1 saturated heterocycles. The van der Waals surface area contributed by atoms with E-state index in [1.54, 1.807) is 12.1 Å². The number of aliphatic carboxylic acids is 1. The van der Waals surface area contributed by atoms with Gasteiger partial charge in [0.05, 0.1) is 10.3 Å². The normalized spacial score (nSPS) is 22.3. The van der Waals surface area contributed by atoms with Crippen LogP contribution in [0.3, 0.4) is 0 Å². The van der Waals surface area contributed by atoms with Crippen molar-refractivity contribution in [1.82, 2.24) is 4.90 Å². The van der Waals surface area contributed by atoms with Gasteiger partial charge in [-0.05, 0) is 31.4 Å². The van der Waals surface area contributed by atoms with Crippen LogP contribution in [0.2, 0.25) is 0 Å². The first-order chi connectivity index (χ1) is 9.97. The Bertz CT molecular complexity index is 529. The molecule has 0 amide bonds. The summed E-state index contributed by atoms with van der Waals surface area (Å²) in [7, 11) is 0. The molecule has 0 aliphatic carbocycles. The van der Waals surface area contributed by atoms with Gasteiger partial charge < -0.3 is 10.0 Å². The van der Waals surface area contributed by atoms with Gasteiger partial charge in [-0.15, -0.1) is 0 Å². The standard InChI is InChI=1S/C15H20N2O4/c1-2-15(14(18)19)8-10-16(11-15)9-7-12-3-5-13(6-4-12)17(20)21/h3-6H,2,7-11H2,1H3,(H,18,19). The Balaban J connectivity index is 1.89. The van der Waals surface area contributed by atoms with Gasteiger partial charge in [-0.2, -0.15) is 0 Å². The zero-order valence-corrected chi connectivity index (χ0v) is 12.1. The minimum Gasteiger partial charge on any atom is -0.481 e. The van der Waals surface area contributed by atoms with Crippen molar-refractivity contribution < 1.29 is 14.8 Å². The summed E-state index contributed by atoms with van der Waals surface area (Å²) in [6.45, 7) is 4.10. The van der Waals surface area contributed by atoms with Crippen LogP contribution in [0.25, 0.3) is 0 Å². The van der Waals surface area contributed by atoms with Crippen molar-refractivity contribution in [2.75, 3.05) is 19.6 Å². The van der Waals surface area contributed by atoms with Crippen molar-refractivity contribution in [3.63, 3.8) is 0 Å². The third kappa shape index (κ3) is 3.39. The topological polar surface area (TPSA) is 83.7 Å². The molecule has 1 aromatic rings. The van der Waals surface area contributed by atoms with E-state index >= 15 is 0 Å². The van der Waals surface area contributed by atoms with Crippen LogP contribution in [0.5, 0.6) is 0 Å². The van der Waals surface area contributed by atoms with Gasteiger partial charge in [0.2, 0.25) is 0 Å². The zero-order chi connectivity index (χ0) is 15.5. The van der Waals surface area contributed by atoms with Crippen molar-refractivity contribution in [3.05, 3.63) is 39.9 Å². The van der Waals surface area contributed by atoms with Gasteiger partial charge in [0, 0.05) is 25.2 Å². The van der Waals surface area contributed by atoms with Crippen molar-refractivity contribution in [2.24, 2.45) is 5.41 Å². The van der Waals surface area contributed by atoms with E-state index in [-0.39, 0.29) is 5.69 Å². The van der Waals surface area contributed by atoms with Crippen molar-refractivity contribution in [3.8, 4) is 0 Å². The minimum atomic E-state index is -0.706. The fourth-order valence-electron chi connectivity index (χ4n) is 2.84. The summed E-state index contributed by atoms with van der Waals surface area (Å²) >= 11 is 0. The molecule has 1 aliphatic rings. The first-order valence-corrected chi connectivity index (χ1v) is 7.16. The van der Waals surface area contributed by atoms with Gasteiger partial charge in [-0.25, -0.2) is 0 Å². The summed E-state index contributed by atoms with van der Waals surface area (Å²) in [6.07, 6.45) is 2.12. The van der Waals surface area contributed by atoms with Gasteiger partial charge in [-0.3, -0.25) is 14.9 Å². The molecule has 1 fully saturated rings. The molecule has 1 heterocycles. The van der Waals surface area contributed by atoms with Crippen LogP contribution in [0.1, 0.15) is 25.3 Å². The maximum absolute atomic E-state index is 11.4. The molecule has 0 aromatic heterocycles. The second kappa shape index (κ2) is 6.22. The average Bonchev–Trinajstić information content (AvgIpc) is 2.90. The van der Waals surface area contributed by atoms with E-state index in [0.717, 1.165) is 25.1 Å². The third-order valence-corrected chi connectivity index (χ3v) is 4.43. The maximum Gasteiger partial charge on any atom is 0.310 e. The zero-order valence-electron chi connectivity index (χ0n) is 12.1. The van der Waals surface area contributed by atoms with Crippen molar-refractivity contribution in [1.29, 1.82) is 0 Å². The van der Waals surface area contributed by atoms with E-state index < -0.39 is 16.3 Å². The van der Waals surface area contributed by atoms with E-state index in [2.05, 4.69) is 4.90 Å². The van der Waals surface area contributed by atoms with Gasteiger partial charge >= 0.3 is 5.97 Å². The Hall–Kier alpha value is -1.95. The number of likely N-dealkylation sites (tertiary alicyclic amines) is 1. The molecular weight excluding hydrogens is 272 g/mol. The number of rotatable bonds is 6. The fourth-order valence-corrected chi connectivity index (χ4v) is 2.84. The number of benzene rings is 1.